The summed E-state index contributed by atoms with van der Waals surface area (Å²) in [6, 6.07) is 12.7. The van der Waals surface area contributed by atoms with Crippen LogP contribution in [0, 0.1) is 5.92 Å². The van der Waals surface area contributed by atoms with Gasteiger partial charge < -0.3 is 9.73 Å². The lowest BCUT2D eigenvalue weighted by atomic mass is 10.0. The van der Waals surface area contributed by atoms with Crippen LogP contribution in [0.15, 0.2) is 47.1 Å². The van der Waals surface area contributed by atoms with E-state index in [0.29, 0.717) is 6.04 Å². The van der Waals surface area contributed by atoms with Crippen LogP contribution in [0.2, 0.25) is 5.02 Å². The number of benzene rings is 1. The standard InChI is InChI=1S/C16H18ClNO/c1-11(15-3-2-10-19-15)18-16(12-4-5-12)13-6-8-14(17)9-7-13/h2-3,6-12,16,18H,4-5H2,1H3/t11-,16?/m0/s1. The molecule has 1 aromatic carbocycles. The topological polar surface area (TPSA) is 25.2 Å². The molecule has 1 aliphatic carbocycles. The van der Waals surface area contributed by atoms with Gasteiger partial charge in [0.05, 0.1) is 12.3 Å². The van der Waals surface area contributed by atoms with Crippen molar-refractivity contribution in [3.05, 3.63) is 59.0 Å². The molecule has 0 bridgehead atoms. The molecule has 1 N–H and O–H groups in total. The van der Waals surface area contributed by atoms with Crippen molar-refractivity contribution < 1.29 is 4.42 Å². The van der Waals surface area contributed by atoms with Crippen molar-refractivity contribution in [1.82, 2.24) is 5.32 Å². The number of furan rings is 1. The zero-order chi connectivity index (χ0) is 13.2. The minimum Gasteiger partial charge on any atom is -0.468 e. The summed E-state index contributed by atoms with van der Waals surface area (Å²) >= 11 is 5.96. The average Bonchev–Trinajstić information content (AvgIpc) is 3.10. The maximum atomic E-state index is 5.96. The Labute approximate surface area is 118 Å². The van der Waals surface area contributed by atoms with Crippen molar-refractivity contribution in [3.8, 4) is 0 Å². The van der Waals surface area contributed by atoms with Crippen molar-refractivity contribution in [2.45, 2.75) is 31.8 Å². The molecular formula is C16H18ClNO. The highest BCUT2D eigenvalue weighted by Gasteiger charge is 2.33. The molecule has 2 nitrogen and oxygen atoms in total. The largest absolute Gasteiger partial charge is 0.468 e. The van der Waals surface area contributed by atoms with Gasteiger partial charge in [-0.15, -0.1) is 0 Å². The van der Waals surface area contributed by atoms with Gasteiger partial charge in [-0.1, -0.05) is 23.7 Å². The van der Waals surface area contributed by atoms with Gasteiger partial charge in [0, 0.05) is 11.1 Å². The van der Waals surface area contributed by atoms with Gasteiger partial charge in [-0.25, -0.2) is 0 Å². The van der Waals surface area contributed by atoms with E-state index in [1.165, 1.54) is 18.4 Å². The van der Waals surface area contributed by atoms with E-state index >= 15 is 0 Å². The van der Waals surface area contributed by atoms with Gasteiger partial charge in [-0.2, -0.15) is 0 Å². The molecule has 0 spiro atoms. The molecule has 1 aromatic heterocycles. The molecule has 0 radical (unpaired) electrons. The Bertz CT molecular complexity index is 516. The molecule has 3 heteroatoms. The molecule has 1 heterocycles. The summed E-state index contributed by atoms with van der Waals surface area (Å²) in [5.74, 6) is 1.72. The van der Waals surface area contributed by atoms with E-state index in [1.54, 1.807) is 6.26 Å². The van der Waals surface area contributed by atoms with E-state index in [0.717, 1.165) is 16.7 Å². The third-order valence-electron chi connectivity index (χ3n) is 3.72. The summed E-state index contributed by atoms with van der Waals surface area (Å²) in [4.78, 5) is 0. The monoisotopic (exact) mass is 275 g/mol. The number of hydrogen-bond donors (Lipinski definition) is 1. The van der Waals surface area contributed by atoms with Gasteiger partial charge in [0.1, 0.15) is 5.76 Å². The van der Waals surface area contributed by atoms with Crippen LogP contribution in [0.4, 0.5) is 0 Å². The molecule has 1 saturated carbocycles. The van der Waals surface area contributed by atoms with E-state index in [9.17, 15) is 0 Å². The lowest BCUT2D eigenvalue weighted by Crippen LogP contribution is -2.26. The highest BCUT2D eigenvalue weighted by atomic mass is 35.5. The lowest BCUT2D eigenvalue weighted by Gasteiger charge is -2.22. The first kappa shape index (κ1) is 12.8. The third-order valence-corrected chi connectivity index (χ3v) is 3.97. The number of nitrogens with one attached hydrogen (secondary N) is 1. The Morgan fingerprint density at radius 3 is 2.53 bits per heavy atom. The highest BCUT2D eigenvalue weighted by Crippen LogP contribution is 2.42. The molecule has 3 rings (SSSR count). The lowest BCUT2D eigenvalue weighted by molar-refractivity contribution is 0.372. The van der Waals surface area contributed by atoms with Gasteiger partial charge >= 0.3 is 0 Å². The Kier molecular flexibility index (Phi) is 3.63. The van der Waals surface area contributed by atoms with Gasteiger partial charge in [0.25, 0.3) is 0 Å². The van der Waals surface area contributed by atoms with E-state index in [4.69, 9.17) is 16.0 Å². The Balaban J connectivity index is 1.76. The minimum absolute atomic E-state index is 0.219. The number of rotatable bonds is 5. The van der Waals surface area contributed by atoms with Crippen LogP contribution in [-0.2, 0) is 0 Å². The maximum Gasteiger partial charge on any atom is 0.120 e. The summed E-state index contributed by atoms with van der Waals surface area (Å²) in [5, 5.41) is 4.47. The summed E-state index contributed by atoms with van der Waals surface area (Å²) in [6.07, 6.45) is 4.32. The summed E-state index contributed by atoms with van der Waals surface area (Å²) in [6.45, 7) is 2.14. The van der Waals surface area contributed by atoms with Crippen molar-refractivity contribution >= 4 is 11.6 Å². The van der Waals surface area contributed by atoms with Gasteiger partial charge in [0.2, 0.25) is 0 Å². The van der Waals surface area contributed by atoms with Crippen LogP contribution in [0.5, 0.6) is 0 Å². The Morgan fingerprint density at radius 2 is 1.95 bits per heavy atom. The van der Waals surface area contributed by atoms with Crippen molar-refractivity contribution in [2.24, 2.45) is 5.92 Å². The molecule has 0 amide bonds. The first-order valence-electron chi connectivity index (χ1n) is 6.79. The van der Waals surface area contributed by atoms with Crippen molar-refractivity contribution in [1.29, 1.82) is 0 Å². The van der Waals surface area contributed by atoms with Gasteiger partial charge in [-0.3, -0.25) is 0 Å². The summed E-state index contributed by atoms with van der Waals surface area (Å²) in [5.41, 5.74) is 1.31. The molecule has 2 atom stereocenters. The predicted octanol–water partition coefficient (Wildman–Crippen LogP) is 4.73. The van der Waals surface area contributed by atoms with Crippen LogP contribution in [0.1, 0.15) is 43.2 Å². The second-order valence-electron chi connectivity index (χ2n) is 5.27. The molecule has 1 fully saturated rings. The minimum atomic E-state index is 0.219. The number of hydrogen-bond acceptors (Lipinski definition) is 2. The smallest absolute Gasteiger partial charge is 0.120 e. The zero-order valence-electron chi connectivity index (χ0n) is 11.0. The first-order valence-corrected chi connectivity index (χ1v) is 7.17. The fourth-order valence-electron chi connectivity index (χ4n) is 2.49. The second kappa shape index (κ2) is 5.40. The molecule has 0 aliphatic heterocycles. The van der Waals surface area contributed by atoms with Crippen LogP contribution in [-0.4, -0.2) is 0 Å². The van der Waals surface area contributed by atoms with Crippen molar-refractivity contribution in [3.63, 3.8) is 0 Å². The average molecular weight is 276 g/mol. The molecule has 2 aromatic rings. The Hall–Kier alpha value is -1.25. The second-order valence-corrected chi connectivity index (χ2v) is 5.71. The van der Waals surface area contributed by atoms with Crippen LogP contribution in [0.3, 0.4) is 0 Å². The molecule has 19 heavy (non-hydrogen) atoms. The predicted molar refractivity (Wildman–Crippen MR) is 77.2 cm³/mol. The van der Waals surface area contributed by atoms with Crippen molar-refractivity contribution in [2.75, 3.05) is 0 Å². The molecule has 100 valence electrons. The van der Waals surface area contributed by atoms with E-state index < -0.39 is 0 Å². The first-order chi connectivity index (χ1) is 9.24. The van der Waals surface area contributed by atoms with Crippen LogP contribution >= 0.6 is 11.6 Å². The fourth-order valence-corrected chi connectivity index (χ4v) is 2.62. The molecule has 0 saturated heterocycles. The number of halogens is 1. The summed E-state index contributed by atoms with van der Waals surface area (Å²) in [7, 11) is 0. The van der Waals surface area contributed by atoms with Crippen LogP contribution in [0.25, 0.3) is 0 Å². The summed E-state index contributed by atoms with van der Waals surface area (Å²) < 4.78 is 5.47. The third kappa shape index (κ3) is 3.02. The maximum absolute atomic E-state index is 5.96. The van der Waals surface area contributed by atoms with Gasteiger partial charge in [0.15, 0.2) is 0 Å². The molecule has 1 aliphatic rings. The van der Waals surface area contributed by atoms with Gasteiger partial charge in [-0.05, 0) is 55.5 Å². The zero-order valence-corrected chi connectivity index (χ0v) is 11.7. The Morgan fingerprint density at radius 1 is 1.21 bits per heavy atom. The highest BCUT2D eigenvalue weighted by molar-refractivity contribution is 6.30. The quantitative estimate of drug-likeness (QED) is 0.853. The van der Waals surface area contributed by atoms with E-state index in [2.05, 4.69) is 24.4 Å². The fraction of sp³-hybridized carbons (Fsp3) is 0.375. The normalized spacial score (nSPS) is 18.2. The van der Waals surface area contributed by atoms with Crippen LogP contribution < -0.4 is 5.32 Å². The molecular weight excluding hydrogens is 258 g/mol. The SMILES string of the molecule is C[C@H](NC(c1ccc(Cl)cc1)C1CC1)c1ccco1. The van der Waals surface area contributed by atoms with E-state index in [1.807, 2.05) is 24.3 Å². The molecule has 1 unspecified atom stereocenters. The van der Waals surface area contributed by atoms with E-state index in [-0.39, 0.29) is 6.04 Å².